The van der Waals surface area contributed by atoms with E-state index in [1.807, 2.05) is 19.1 Å². The Balaban J connectivity index is 2.47. The van der Waals surface area contributed by atoms with E-state index in [0.717, 1.165) is 16.1 Å². The Bertz CT molecular complexity index is 619. The van der Waals surface area contributed by atoms with E-state index in [0.29, 0.717) is 17.1 Å². The number of benzene rings is 2. The summed E-state index contributed by atoms with van der Waals surface area (Å²) < 4.78 is 27.7. The Morgan fingerprint density at radius 2 is 1.95 bits per heavy atom. The van der Waals surface area contributed by atoms with Gasteiger partial charge in [0.25, 0.3) is 0 Å². The lowest BCUT2D eigenvalue weighted by Gasteiger charge is -2.20. The Morgan fingerprint density at radius 1 is 1.20 bits per heavy atom. The summed E-state index contributed by atoms with van der Waals surface area (Å²) in [5.74, 6) is -1.15. The lowest BCUT2D eigenvalue weighted by Crippen LogP contribution is -2.23. The first-order valence-corrected chi connectivity index (χ1v) is 7.33. The molecule has 0 aromatic heterocycles. The van der Waals surface area contributed by atoms with Gasteiger partial charge in [-0.15, -0.1) is 0 Å². The fourth-order valence-electron chi connectivity index (χ4n) is 2.04. The molecule has 0 fully saturated rings. The topological polar surface area (TPSA) is 12.0 Å². The van der Waals surface area contributed by atoms with Crippen LogP contribution in [0.15, 0.2) is 40.9 Å². The van der Waals surface area contributed by atoms with Crippen LogP contribution in [0, 0.1) is 11.6 Å². The summed E-state index contributed by atoms with van der Waals surface area (Å²) in [5.41, 5.74) is 1.26. The monoisotopic (exact) mass is 359 g/mol. The van der Waals surface area contributed by atoms with Gasteiger partial charge in [-0.05, 0) is 46.2 Å². The summed E-state index contributed by atoms with van der Waals surface area (Å²) in [5, 5.41) is 3.78. The van der Waals surface area contributed by atoms with Crippen molar-refractivity contribution in [2.75, 3.05) is 6.54 Å². The minimum Gasteiger partial charge on any atom is -0.306 e. The van der Waals surface area contributed by atoms with Crippen LogP contribution in [0.1, 0.15) is 24.1 Å². The molecule has 2 aromatic rings. The zero-order chi connectivity index (χ0) is 14.7. The first-order chi connectivity index (χ1) is 9.52. The molecule has 0 aliphatic rings. The van der Waals surface area contributed by atoms with Crippen LogP contribution < -0.4 is 5.32 Å². The maximum absolute atomic E-state index is 14.0. The van der Waals surface area contributed by atoms with E-state index in [-0.39, 0.29) is 6.04 Å². The molecule has 2 rings (SSSR count). The summed E-state index contributed by atoms with van der Waals surface area (Å²) in [4.78, 5) is 0. The molecule has 2 aromatic carbocycles. The van der Waals surface area contributed by atoms with Crippen molar-refractivity contribution < 1.29 is 8.78 Å². The normalized spacial score (nSPS) is 12.4. The third kappa shape index (κ3) is 3.37. The number of rotatable bonds is 4. The van der Waals surface area contributed by atoms with Crippen LogP contribution in [0.5, 0.6) is 0 Å². The largest absolute Gasteiger partial charge is 0.306 e. The standard InChI is InChI=1S/C15H13BrClF2N/c1-2-20-15(9-3-6-13(17)12(16)7-9)11-5-4-10(18)8-14(11)19/h3-8,15,20H,2H2,1H3. The van der Waals surface area contributed by atoms with Gasteiger partial charge in [0, 0.05) is 16.1 Å². The zero-order valence-electron chi connectivity index (χ0n) is 10.8. The second kappa shape index (κ2) is 6.66. The quantitative estimate of drug-likeness (QED) is 0.802. The Morgan fingerprint density at radius 3 is 2.55 bits per heavy atom. The summed E-state index contributed by atoms with van der Waals surface area (Å²) in [6, 6.07) is 8.65. The van der Waals surface area contributed by atoms with Crippen molar-refractivity contribution in [1.82, 2.24) is 5.32 Å². The van der Waals surface area contributed by atoms with Crippen molar-refractivity contribution in [2.45, 2.75) is 13.0 Å². The molecule has 1 nitrogen and oxygen atoms in total. The van der Waals surface area contributed by atoms with Crippen LogP contribution >= 0.6 is 27.5 Å². The summed E-state index contributed by atoms with van der Waals surface area (Å²) in [7, 11) is 0. The number of hydrogen-bond donors (Lipinski definition) is 1. The van der Waals surface area contributed by atoms with Gasteiger partial charge >= 0.3 is 0 Å². The molecular weight excluding hydrogens is 348 g/mol. The van der Waals surface area contributed by atoms with Crippen molar-refractivity contribution in [3.8, 4) is 0 Å². The minimum atomic E-state index is -0.584. The predicted octanol–water partition coefficient (Wildman–Crippen LogP) is 5.08. The zero-order valence-corrected chi connectivity index (χ0v) is 13.1. The van der Waals surface area contributed by atoms with E-state index in [4.69, 9.17) is 11.6 Å². The molecule has 0 aliphatic carbocycles. The van der Waals surface area contributed by atoms with Gasteiger partial charge in [0.2, 0.25) is 0 Å². The average molecular weight is 361 g/mol. The molecule has 0 saturated heterocycles. The van der Waals surface area contributed by atoms with Crippen LogP contribution in [-0.4, -0.2) is 6.54 Å². The second-order valence-corrected chi connectivity index (χ2v) is 5.59. The van der Waals surface area contributed by atoms with Gasteiger partial charge in [-0.3, -0.25) is 0 Å². The van der Waals surface area contributed by atoms with E-state index in [2.05, 4.69) is 21.2 Å². The predicted molar refractivity (Wildman–Crippen MR) is 81.0 cm³/mol. The Hall–Kier alpha value is -0.970. The molecule has 0 heterocycles. The van der Waals surface area contributed by atoms with E-state index >= 15 is 0 Å². The highest BCUT2D eigenvalue weighted by molar-refractivity contribution is 9.10. The van der Waals surface area contributed by atoms with Crippen molar-refractivity contribution in [3.63, 3.8) is 0 Å². The maximum Gasteiger partial charge on any atom is 0.131 e. The number of halogens is 4. The lowest BCUT2D eigenvalue weighted by atomic mass is 9.98. The molecular formula is C15H13BrClF2N. The van der Waals surface area contributed by atoms with E-state index < -0.39 is 11.6 Å². The Labute approximate surface area is 130 Å². The highest BCUT2D eigenvalue weighted by Crippen LogP contribution is 2.30. The van der Waals surface area contributed by atoms with Crippen LogP contribution in [0.4, 0.5) is 8.78 Å². The van der Waals surface area contributed by atoms with Crippen LogP contribution in [0.2, 0.25) is 5.02 Å². The molecule has 5 heteroatoms. The smallest absolute Gasteiger partial charge is 0.131 e. The third-order valence-electron chi connectivity index (χ3n) is 2.96. The Kier molecular flexibility index (Phi) is 5.13. The lowest BCUT2D eigenvalue weighted by molar-refractivity contribution is 0.541. The van der Waals surface area contributed by atoms with E-state index in [1.165, 1.54) is 12.1 Å². The summed E-state index contributed by atoms with van der Waals surface area (Å²) in [6.07, 6.45) is 0. The van der Waals surface area contributed by atoms with Crippen molar-refractivity contribution >= 4 is 27.5 Å². The number of hydrogen-bond acceptors (Lipinski definition) is 1. The highest BCUT2D eigenvalue weighted by atomic mass is 79.9. The molecule has 0 radical (unpaired) electrons. The highest BCUT2D eigenvalue weighted by Gasteiger charge is 2.18. The molecule has 1 N–H and O–H groups in total. The summed E-state index contributed by atoms with van der Waals surface area (Å²) in [6.45, 7) is 2.58. The van der Waals surface area contributed by atoms with Gasteiger partial charge in [-0.1, -0.05) is 30.7 Å². The van der Waals surface area contributed by atoms with Crippen LogP contribution in [-0.2, 0) is 0 Å². The minimum absolute atomic E-state index is 0.353. The van der Waals surface area contributed by atoms with Crippen molar-refractivity contribution in [1.29, 1.82) is 0 Å². The van der Waals surface area contributed by atoms with Gasteiger partial charge < -0.3 is 5.32 Å². The third-order valence-corrected chi connectivity index (χ3v) is 4.17. The van der Waals surface area contributed by atoms with Crippen LogP contribution in [0.3, 0.4) is 0 Å². The van der Waals surface area contributed by atoms with Crippen molar-refractivity contribution in [2.24, 2.45) is 0 Å². The molecule has 1 atom stereocenters. The molecule has 0 saturated carbocycles. The fourth-order valence-corrected chi connectivity index (χ4v) is 2.55. The molecule has 106 valence electrons. The van der Waals surface area contributed by atoms with E-state index in [1.54, 1.807) is 6.07 Å². The number of nitrogens with one attached hydrogen (secondary N) is 1. The summed E-state index contributed by atoms with van der Waals surface area (Å²) >= 11 is 9.32. The van der Waals surface area contributed by atoms with Gasteiger partial charge in [0.15, 0.2) is 0 Å². The fraction of sp³-hybridized carbons (Fsp3) is 0.200. The molecule has 0 spiro atoms. The molecule has 20 heavy (non-hydrogen) atoms. The van der Waals surface area contributed by atoms with Crippen LogP contribution in [0.25, 0.3) is 0 Å². The maximum atomic E-state index is 14.0. The average Bonchev–Trinajstić information content (AvgIpc) is 2.40. The molecule has 1 unspecified atom stereocenters. The first kappa shape index (κ1) is 15.4. The first-order valence-electron chi connectivity index (χ1n) is 6.16. The van der Waals surface area contributed by atoms with Gasteiger partial charge in [-0.25, -0.2) is 8.78 Å². The SMILES string of the molecule is CCNC(c1ccc(Cl)c(Br)c1)c1ccc(F)cc1F. The molecule has 0 aliphatic heterocycles. The molecule has 0 bridgehead atoms. The van der Waals surface area contributed by atoms with Crippen molar-refractivity contribution in [3.05, 3.63) is 68.7 Å². The van der Waals surface area contributed by atoms with Gasteiger partial charge in [0.05, 0.1) is 11.1 Å². The molecule has 0 amide bonds. The van der Waals surface area contributed by atoms with E-state index in [9.17, 15) is 8.78 Å². The van der Waals surface area contributed by atoms with Gasteiger partial charge in [-0.2, -0.15) is 0 Å². The second-order valence-electron chi connectivity index (χ2n) is 4.33. The van der Waals surface area contributed by atoms with Gasteiger partial charge in [0.1, 0.15) is 11.6 Å².